The summed E-state index contributed by atoms with van der Waals surface area (Å²) in [5, 5.41) is 10.7. The minimum Gasteiger partial charge on any atom is -0.308 e. The number of nitrogens with one attached hydrogen (secondary N) is 2. The third-order valence-corrected chi connectivity index (χ3v) is 3.76. The smallest absolute Gasteiger partial charge is 0.235 e. The Labute approximate surface area is 119 Å². The van der Waals surface area contributed by atoms with Gasteiger partial charge in [-0.25, -0.2) is 0 Å². The number of amides is 1. The molecule has 1 aromatic carbocycles. The summed E-state index contributed by atoms with van der Waals surface area (Å²) in [6.07, 6.45) is 3.42. The molecular weight excluding hydrogens is 272 g/mol. The van der Waals surface area contributed by atoms with Gasteiger partial charge in [-0.3, -0.25) is 14.9 Å². The first-order chi connectivity index (χ1) is 9.83. The maximum atomic E-state index is 11.9. The van der Waals surface area contributed by atoms with Gasteiger partial charge >= 0.3 is 0 Å². The monoisotopic (exact) mass is 284 g/mol. The van der Waals surface area contributed by atoms with Gasteiger partial charge in [0.2, 0.25) is 5.91 Å². The average molecular weight is 284 g/mol. The molecule has 0 unspecified atom stereocenters. The summed E-state index contributed by atoms with van der Waals surface area (Å²) in [5.41, 5.74) is 0.907. The molecule has 5 nitrogen and oxygen atoms in total. The first kappa shape index (κ1) is 12.7. The minimum atomic E-state index is -0.0796. The third-order valence-electron chi connectivity index (χ3n) is 2.75. The van der Waals surface area contributed by atoms with E-state index in [1.54, 1.807) is 12.4 Å². The highest BCUT2D eigenvalue weighted by atomic mass is 32.2. The van der Waals surface area contributed by atoms with Gasteiger partial charge in [-0.1, -0.05) is 12.1 Å². The molecule has 2 aromatic heterocycles. The fraction of sp³-hybridized carbons (Fsp3) is 0.0714. The van der Waals surface area contributed by atoms with Gasteiger partial charge in [0.15, 0.2) is 5.82 Å². The number of carbonyl (C=O) groups is 1. The molecule has 1 amide bonds. The SMILES string of the molecule is O=C(CSc1ccncc1)Nc1n[nH]c2ccccc12. The Morgan fingerprint density at radius 3 is 2.85 bits per heavy atom. The number of benzene rings is 1. The van der Waals surface area contributed by atoms with Crippen LogP contribution in [0.5, 0.6) is 0 Å². The molecule has 2 N–H and O–H groups in total. The minimum absolute atomic E-state index is 0.0796. The van der Waals surface area contributed by atoms with E-state index in [4.69, 9.17) is 0 Å². The largest absolute Gasteiger partial charge is 0.308 e. The second kappa shape index (κ2) is 5.75. The number of rotatable bonds is 4. The zero-order valence-corrected chi connectivity index (χ0v) is 11.4. The van der Waals surface area contributed by atoms with Crippen LogP contribution in [0.25, 0.3) is 10.9 Å². The Morgan fingerprint density at radius 2 is 2.00 bits per heavy atom. The molecule has 2 heterocycles. The Balaban J connectivity index is 1.64. The molecular formula is C14H12N4OS. The number of hydrogen-bond donors (Lipinski definition) is 2. The molecule has 0 radical (unpaired) electrons. The summed E-state index contributed by atoms with van der Waals surface area (Å²) in [7, 11) is 0. The number of aromatic amines is 1. The molecule has 0 aliphatic rings. The first-order valence-electron chi connectivity index (χ1n) is 6.09. The van der Waals surface area contributed by atoms with E-state index in [1.807, 2.05) is 36.4 Å². The predicted molar refractivity (Wildman–Crippen MR) is 79.7 cm³/mol. The second-order valence-corrected chi connectivity index (χ2v) is 5.19. The highest BCUT2D eigenvalue weighted by molar-refractivity contribution is 8.00. The van der Waals surface area contributed by atoms with Crippen molar-refractivity contribution in [3.63, 3.8) is 0 Å². The summed E-state index contributed by atoms with van der Waals surface area (Å²) in [6.45, 7) is 0. The van der Waals surface area contributed by atoms with Gasteiger partial charge in [0.05, 0.1) is 11.3 Å². The van der Waals surface area contributed by atoms with Gasteiger partial charge in [0.1, 0.15) is 0 Å². The van der Waals surface area contributed by atoms with Gasteiger partial charge in [-0.05, 0) is 24.3 Å². The number of H-pyrrole nitrogens is 1. The lowest BCUT2D eigenvalue weighted by atomic mass is 10.2. The molecule has 0 fully saturated rings. The van der Waals surface area contributed by atoms with Gasteiger partial charge in [-0.15, -0.1) is 11.8 Å². The van der Waals surface area contributed by atoms with Gasteiger partial charge in [0.25, 0.3) is 0 Å². The number of para-hydroxylation sites is 1. The molecule has 3 aromatic rings. The van der Waals surface area contributed by atoms with Gasteiger partial charge in [0, 0.05) is 22.7 Å². The van der Waals surface area contributed by atoms with Crippen LogP contribution in [0.4, 0.5) is 5.82 Å². The lowest BCUT2D eigenvalue weighted by molar-refractivity contribution is -0.113. The molecule has 0 atom stereocenters. The molecule has 0 spiro atoms. The van der Waals surface area contributed by atoms with Crippen molar-refractivity contribution in [1.29, 1.82) is 0 Å². The van der Waals surface area contributed by atoms with E-state index in [0.717, 1.165) is 15.8 Å². The Hall–Kier alpha value is -2.34. The van der Waals surface area contributed by atoms with Crippen LogP contribution in [0, 0.1) is 0 Å². The fourth-order valence-corrected chi connectivity index (χ4v) is 2.49. The quantitative estimate of drug-likeness (QED) is 0.723. The lowest BCUT2D eigenvalue weighted by Crippen LogP contribution is -2.14. The van der Waals surface area contributed by atoms with Crippen molar-refractivity contribution in [1.82, 2.24) is 15.2 Å². The van der Waals surface area contributed by atoms with Crippen LogP contribution < -0.4 is 5.32 Å². The number of nitrogens with zero attached hydrogens (tertiary/aromatic N) is 2. The number of hydrogen-bond acceptors (Lipinski definition) is 4. The molecule has 6 heteroatoms. The van der Waals surface area contributed by atoms with Crippen molar-refractivity contribution < 1.29 is 4.79 Å². The van der Waals surface area contributed by atoms with Gasteiger partial charge < -0.3 is 5.32 Å². The molecule has 0 saturated carbocycles. The maximum Gasteiger partial charge on any atom is 0.235 e. The van der Waals surface area contributed by atoms with Crippen molar-refractivity contribution in [2.24, 2.45) is 0 Å². The van der Waals surface area contributed by atoms with E-state index < -0.39 is 0 Å². The second-order valence-electron chi connectivity index (χ2n) is 4.14. The topological polar surface area (TPSA) is 70.7 Å². The van der Waals surface area contributed by atoms with Crippen LogP contribution >= 0.6 is 11.8 Å². The summed E-state index contributed by atoms with van der Waals surface area (Å²) >= 11 is 1.47. The molecule has 0 aliphatic carbocycles. The molecule has 20 heavy (non-hydrogen) atoms. The van der Waals surface area contributed by atoms with Crippen LogP contribution in [0.2, 0.25) is 0 Å². The van der Waals surface area contributed by atoms with E-state index >= 15 is 0 Å². The normalized spacial score (nSPS) is 10.6. The zero-order valence-electron chi connectivity index (χ0n) is 10.5. The van der Waals surface area contributed by atoms with E-state index in [9.17, 15) is 4.79 Å². The number of aromatic nitrogens is 3. The van der Waals surface area contributed by atoms with Crippen molar-refractivity contribution in [2.75, 3.05) is 11.1 Å². The Bertz CT molecular complexity index is 726. The van der Waals surface area contributed by atoms with E-state index in [1.165, 1.54) is 11.8 Å². The summed E-state index contributed by atoms with van der Waals surface area (Å²) < 4.78 is 0. The van der Waals surface area contributed by atoms with Gasteiger partial charge in [-0.2, -0.15) is 5.10 Å². The Kier molecular flexibility index (Phi) is 3.64. The average Bonchev–Trinajstić information content (AvgIpc) is 2.90. The van der Waals surface area contributed by atoms with Crippen molar-refractivity contribution in [3.05, 3.63) is 48.8 Å². The molecule has 0 aliphatic heterocycles. The molecule has 3 rings (SSSR count). The van der Waals surface area contributed by atoms with Crippen LogP contribution in [0.15, 0.2) is 53.7 Å². The number of carbonyl (C=O) groups excluding carboxylic acids is 1. The molecule has 0 saturated heterocycles. The standard InChI is InChI=1S/C14H12N4OS/c19-13(9-20-10-5-7-15-8-6-10)16-14-11-3-1-2-4-12(11)17-18-14/h1-8H,9H2,(H2,16,17,18,19). The van der Waals surface area contributed by atoms with Crippen molar-refractivity contribution in [2.45, 2.75) is 4.90 Å². The van der Waals surface area contributed by atoms with E-state index in [0.29, 0.717) is 11.6 Å². The summed E-state index contributed by atoms with van der Waals surface area (Å²) in [4.78, 5) is 16.9. The number of fused-ring (bicyclic) bond motifs is 1. The van der Waals surface area contributed by atoms with E-state index in [-0.39, 0.29) is 5.91 Å². The highest BCUT2D eigenvalue weighted by Gasteiger charge is 2.09. The number of pyridine rings is 1. The fourth-order valence-electron chi connectivity index (χ4n) is 1.81. The number of anilines is 1. The van der Waals surface area contributed by atoms with Crippen molar-refractivity contribution >= 4 is 34.4 Å². The molecule has 0 bridgehead atoms. The first-order valence-corrected chi connectivity index (χ1v) is 7.07. The third kappa shape index (κ3) is 2.80. The van der Waals surface area contributed by atoms with E-state index in [2.05, 4.69) is 20.5 Å². The predicted octanol–water partition coefficient (Wildman–Crippen LogP) is 2.69. The maximum absolute atomic E-state index is 11.9. The van der Waals surface area contributed by atoms with Crippen LogP contribution in [0.1, 0.15) is 0 Å². The van der Waals surface area contributed by atoms with Crippen LogP contribution in [-0.4, -0.2) is 26.8 Å². The van der Waals surface area contributed by atoms with Crippen LogP contribution in [-0.2, 0) is 4.79 Å². The number of thioether (sulfide) groups is 1. The lowest BCUT2D eigenvalue weighted by Gasteiger charge is -2.02. The summed E-state index contributed by atoms with van der Waals surface area (Å²) in [5.74, 6) is 0.829. The summed E-state index contributed by atoms with van der Waals surface area (Å²) in [6, 6.07) is 11.4. The Morgan fingerprint density at radius 1 is 1.20 bits per heavy atom. The van der Waals surface area contributed by atoms with Crippen LogP contribution in [0.3, 0.4) is 0 Å². The zero-order chi connectivity index (χ0) is 13.8. The highest BCUT2D eigenvalue weighted by Crippen LogP contribution is 2.21. The van der Waals surface area contributed by atoms with Crippen molar-refractivity contribution in [3.8, 4) is 0 Å². The molecule has 100 valence electrons.